The lowest BCUT2D eigenvalue weighted by molar-refractivity contribution is 0.163. The van der Waals surface area contributed by atoms with Crippen LogP contribution in [-0.2, 0) is 4.74 Å². The molecule has 2 aliphatic rings. The van der Waals surface area contributed by atoms with Gasteiger partial charge in [-0.2, -0.15) is 0 Å². The maximum absolute atomic E-state index is 5.92. The molecule has 0 amide bonds. The molecule has 0 spiro atoms. The summed E-state index contributed by atoms with van der Waals surface area (Å²) >= 11 is 0. The van der Waals surface area contributed by atoms with Crippen molar-refractivity contribution >= 4 is 11.6 Å². The summed E-state index contributed by atoms with van der Waals surface area (Å²) in [5, 5.41) is 0. The van der Waals surface area contributed by atoms with Crippen LogP contribution in [0.4, 0.5) is 5.69 Å². The van der Waals surface area contributed by atoms with E-state index in [4.69, 9.17) is 10.5 Å². The molecule has 4 nitrogen and oxygen atoms in total. The molecule has 18 heavy (non-hydrogen) atoms. The number of likely N-dealkylation sites (tertiary alicyclic amines) is 1. The average Bonchev–Trinajstić information content (AvgIpc) is 3.02. The molecule has 0 saturated carbocycles. The van der Waals surface area contributed by atoms with Crippen LogP contribution in [0.25, 0.3) is 0 Å². The Morgan fingerprint density at radius 3 is 2.67 bits per heavy atom. The van der Waals surface area contributed by atoms with Gasteiger partial charge in [0.05, 0.1) is 6.54 Å². The lowest BCUT2D eigenvalue weighted by Crippen LogP contribution is -2.32. The molecule has 3 rings (SSSR count). The fourth-order valence-corrected chi connectivity index (χ4v) is 2.55. The van der Waals surface area contributed by atoms with Gasteiger partial charge in [-0.05, 0) is 50.2 Å². The summed E-state index contributed by atoms with van der Waals surface area (Å²) in [6.07, 6.45) is 2.85. The maximum atomic E-state index is 5.92. The Kier molecular flexibility index (Phi) is 3.19. The van der Waals surface area contributed by atoms with Gasteiger partial charge in [-0.1, -0.05) is 0 Å². The van der Waals surface area contributed by atoms with Crippen LogP contribution in [0.1, 0.15) is 18.4 Å². The summed E-state index contributed by atoms with van der Waals surface area (Å²) < 4.78 is 5.92. The molecule has 2 N–H and O–H groups in total. The first-order chi connectivity index (χ1) is 8.81. The van der Waals surface area contributed by atoms with E-state index in [1.54, 1.807) is 0 Å². The van der Waals surface area contributed by atoms with Crippen molar-refractivity contribution < 1.29 is 4.74 Å². The molecule has 4 heteroatoms. The Hall–Kier alpha value is -1.55. The molecule has 96 valence electrons. The zero-order valence-electron chi connectivity index (χ0n) is 10.5. The number of benzene rings is 1. The highest BCUT2D eigenvalue weighted by molar-refractivity contribution is 5.95. The lowest BCUT2D eigenvalue weighted by Gasteiger charge is -2.19. The van der Waals surface area contributed by atoms with E-state index >= 15 is 0 Å². The summed E-state index contributed by atoms with van der Waals surface area (Å²) in [5.41, 5.74) is 7.46. The topological polar surface area (TPSA) is 50.8 Å². The number of ether oxygens (including phenoxy) is 1. The minimum atomic E-state index is 0.218. The number of aliphatic imine (C=N–C) groups is 1. The number of hydrogen-bond donors (Lipinski definition) is 1. The fourth-order valence-electron chi connectivity index (χ4n) is 2.55. The molecule has 1 aromatic rings. The third-order valence-electron chi connectivity index (χ3n) is 3.53. The highest BCUT2D eigenvalue weighted by Crippen LogP contribution is 2.16. The van der Waals surface area contributed by atoms with Crippen molar-refractivity contribution in [3.63, 3.8) is 0 Å². The van der Waals surface area contributed by atoms with Crippen LogP contribution in [0.15, 0.2) is 29.3 Å². The van der Waals surface area contributed by atoms with Crippen molar-refractivity contribution in [2.24, 2.45) is 4.99 Å². The molecule has 0 aromatic heterocycles. The molecule has 0 bridgehead atoms. The van der Waals surface area contributed by atoms with Crippen molar-refractivity contribution in [3.8, 4) is 0 Å². The largest absolute Gasteiger partial charge is 0.471 e. The zero-order valence-corrected chi connectivity index (χ0v) is 10.5. The monoisotopic (exact) mass is 245 g/mol. The number of nitrogens with two attached hydrogens (primary N) is 1. The van der Waals surface area contributed by atoms with Crippen LogP contribution in [0.3, 0.4) is 0 Å². The van der Waals surface area contributed by atoms with E-state index in [1.165, 1.54) is 25.9 Å². The minimum absolute atomic E-state index is 0.218. The Balaban J connectivity index is 1.58. The number of hydrogen-bond acceptors (Lipinski definition) is 4. The first-order valence-electron chi connectivity index (χ1n) is 6.60. The predicted octanol–water partition coefficient (Wildman–Crippen LogP) is 1.51. The Bertz CT molecular complexity index is 435. The van der Waals surface area contributed by atoms with Crippen molar-refractivity contribution in [2.75, 3.05) is 31.9 Å². The van der Waals surface area contributed by atoms with E-state index in [0.717, 1.165) is 30.2 Å². The van der Waals surface area contributed by atoms with Crippen LogP contribution < -0.4 is 5.73 Å². The number of anilines is 1. The summed E-state index contributed by atoms with van der Waals surface area (Å²) in [6.45, 7) is 4.19. The van der Waals surface area contributed by atoms with Gasteiger partial charge >= 0.3 is 0 Å². The van der Waals surface area contributed by atoms with Crippen molar-refractivity contribution in [1.82, 2.24) is 4.90 Å². The highest BCUT2D eigenvalue weighted by atomic mass is 16.5. The van der Waals surface area contributed by atoms with Gasteiger partial charge in [0.25, 0.3) is 0 Å². The van der Waals surface area contributed by atoms with E-state index in [9.17, 15) is 0 Å². The molecule has 1 aromatic carbocycles. The van der Waals surface area contributed by atoms with Crippen LogP contribution in [0, 0.1) is 0 Å². The second-order valence-electron chi connectivity index (χ2n) is 5.02. The summed E-state index contributed by atoms with van der Waals surface area (Å²) in [4.78, 5) is 6.95. The fraction of sp³-hybridized carbons (Fsp3) is 0.500. The van der Waals surface area contributed by atoms with E-state index in [0.29, 0.717) is 0 Å². The second kappa shape index (κ2) is 4.98. The van der Waals surface area contributed by atoms with Gasteiger partial charge in [-0.3, -0.25) is 4.90 Å². The van der Waals surface area contributed by atoms with Crippen molar-refractivity contribution in [1.29, 1.82) is 0 Å². The lowest BCUT2D eigenvalue weighted by atomic mass is 10.2. The number of nitrogens with zero attached hydrogens (tertiary/aromatic N) is 2. The van der Waals surface area contributed by atoms with Crippen molar-refractivity contribution in [2.45, 2.75) is 18.9 Å². The van der Waals surface area contributed by atoms with Crippen LogP contribution in [-0.4, -0.2) is 43.1 Å². The summed E-state index contributed by atoms with van der Waals surface area (Å²) in [7, 11) is 0. The molecule has 0 unspecified atom stereocenters. The Morgan fingerprint density at radius 1 is 1.22 bits per heavy atom. The molecule has 2 heterocycles. The van der Waals surface area contributed by atoms with Gasteiger partial charge in [-0.25, -0.2) is 4.99 Å². The van der Waals surface area contributed by atoms with Gasteiger partial charge in [0, 0.05) is 17.8 Å². The van der Waals surface area contributed by atoms with Gasteiger partial charge in [-0.15, -0.1) is 0 Å². The quantitative estimate of drug-likeness (QED) is 0.821. The standard InChI is InChI=1S/C14H19N3O/c15-12-5-3-11(4-6-12)14-16-9-13(18-14)10-17-7-1-2-8-17/h3-6,13H,1-2,7-10,15H2/t13-/m0/s1. The Labute approximate surface area is 107 Å². The second-order valence-corrected chi connectivity index (χ2v) is 5.02. The molecule has 0 radical (unpaired) electrons. The molecule has 1 fully saturated rings. The van der Waals surface area contributed by atoms with Crippen molar-refractivity contribution in [3.05, 3.63) is 29.8 Å². The molecular weight excluding hydrogens is 226 g/mol. The smallest absolute Gasteiger partial charge is 0.216 e. The van der Waals surface area contributed by atoms with E-state index in [-0.39, 0.29) is 6.10 Å². The van der Waals surface area contributed by atoms with Crippen LogP contribution in [0.2, 0.25) is 0 Å². The molecule has 0 aliphatic carbocycles. The zero-order chi connectivity index (χ0) is 12.4. The van der Waals surface area contributed by atoms with Gasteiger partial charge in [0.2, 0.25) is 5.90 Å². The predicted molar refractivity (Wildman–Crippen MR) is 72.8 cm³/mol. The third kappa shape index (κ3) is 2.48. The summed E-state index contributed by atoms with van der Waals surface area (Å²) in [5.74, 6) is 0.763. The molecule has 1 saturated heterocycles. The minimum Gasteiger partial charge on any atom is -0.471 e. The normalized spacial score (nSPS) is 24.0. The average molecular weight is 245 g/mol. The third-order valence-corrected chi connectivity index (χ3v) is 3.53. The van der Waals surface area contributed by atoms with Gasteiger partial charge < -0.3 is 10.5 Å². The van der Waals surface area contributed by atoms with E-state index < -0.39 is 0 Å². The first-order valence-corrected chi connectivity index (χ1v) is 6.60. The highest BCUT2D eigenvalue weighted by Gasteiger charge is 2.24. The van der Waals surface area contributed by atoms with E-state index in [1.807, 2.05) is 24.3 Å². The molecule has 1 atom stereocenters. The maximum Gasteiger partial charge on any atom is 0.216 e. The van der Waals surface area contributed by atoms with Gasteiger partial charge in [0.1, 0.15) is 6.10 Å². The Morgan fingerprint density at radius 2 is 1.94 bits per heavy atom. The number of rotatable bonds is 3. The van der Waals surface area contributed by atoms with Crippen LogP contribution >= 0.6 is 0 Å². The summed E-state index contributed by atoms with van der Waals surface area (Å²) in [6, 6.07) is 7.70. The van der Waals surface area contributed by atoms with Gasteiger partial charge in [0.15, 0.2) is 0 Å². The number of nitrogen functional groups attached to an aromatic ring is 1. The molecule has 2 aliphatic heterocycles. The van der Waals surface area contributed by atoms with Crippen LogP contribution in [0.5, 0.6) is 0 Å². The SMILES string of the molecule is Nc1ccc(C2=NC[C@@H](CN3CCCC3)O2)cc1. The first kappa shape index (κ1) is 11.5. The van der Waals surface area contributed by atoms with E-state index in [2.05, 4.69) is 9.89 Å². The molecular formula is C14H19N3O.